The van der Waals surface area contributed by atoms with E-state index in [0.29, 0.717) is 30.4 Å². The molecule has 0 rings (SSSR count). The van der Waals surface area contributed by atoms with E-state index in [2.05, 4.69) is 5.32 Å². The Kier molecular flexibility index (Phi) is 8.43. The summed E-state index contributed by atoms with van der Waals surface area (Å²) >= 11 is 0. The number of aliphatic carboxylic acids is 1. The molecule has 6 N–H and O–H groups in total. The standard InChI is InChI=1S/C13H26N4O5/c1-17(2,3)8-9(7-11(18)19)22-12(20)10(14)5-4-6-16-13(15)21/h9-10H,4-8,14H2,1-3H3,(H3-,15,16,18,19,21)/p+1/t9-,10+/m1/s1. The Labute approximate surface area is 130 Å². The fourth-order valence-corrected chi connectivity index (χ4v) is 1.85. The Morgan fingerprint density at radius 3 is 2.32 bits per heavy atom. The Bertz CT molecular complexity index is 394. The third-order valence-corrected chi connectivity index (χ3v) is 2.73. The summed E-state index contributed by atoms with van der Waals surface area (Å²) in [6, 6.07) is -1.50. The molecule has 0 aromatic rings. The zero-order valence-electron chi connectivity index (χ0n) is 13.4. The highest BCUT2D eigenvalue weighted by molar-refractivity contribution is 5.76. The summed E-state index contributed by atoms with van der Waals surface area (Å²) in [4.78, 5) is 33.2. The maximum atomic E-state index is 11.9. The number of amides is 2. The molecule has 0 heterocycles. The van der Waals surface area contributed by atoms with Crippen LogP contribution < -0.4 is 16.8 Å². The molecular formula is C13H27N4O5+. The van der Waals surface area contributed by atoms with Crippen molar-refractivity contribution in [3.63, 3.8) is 0 Å². The molecule has 2 amide bonds. The number of nitrogens with zero attached hydrogens (tertiary/aromatic N) is 1. The van der Waals surface area contributed by atoms with Crippen LogP contribution in [0, 0.1) is 0 Å². The van der Waals surface area contributed by atoms with E-state index in [-0.39, 0.29) is 6.42 Å². The number of carboxylic acid groups (broad SMARTS) is 1. The largest absolute Gasteiger partial charge is 0.481 e. The zero-order valence-corrected chi connectivity index (χ0v) is 13.4. The molecule has 0 bridgehead atoms. The van der Waals surface area contributed by atoms with Gasteiger partial charge in [-0.25, -0.2) is 4.79 Å². The summed E-state index contributed by atoms with van der Waals surface area (Å²) in [5, 5.41) is 11.3. The molecule has 0 aromatic heterocycles. The van der Waals surface area contributed by atoms with Crippen molar-refractivity contribution in [1.82, 2.24) is 5.32 Å². The quantitative estimate of drug-likeness (QED) is 0.227. The molecule has 0 aromatic carbocycles. The Hall–Kier alpha value is -1.87. The van der Waals surface area contributed by atoms with Crippen LogP contribution in [0.5, 0.6) is 0 Å². The number of rotatable bonds is 10. The van der Waals surface area contributed by atoms with Crippen molar-refractivity contribution in [2.24, 2.45) is 11.5 Å². The van der Waals surface area contributed by atoms with E-state index in [1.165, 1.54) is 0 Å². The minimum atomic E-state index is -1.04. The van der Waals surface area contributed by atoms with Crippen molar-refractivity contribution >= 4 is 18.0 Å². The van der Waals surface area contributed by atoms with Gasteiger partial charge in [0.15, 0.2) is 6.10 Å². The topological polar surface area (TPSA) is 145 Å². The van der Waals surface area contributed by atoms with Gasteiger partial charge >= 0.3 is 18.0 Å². The number of esters is 1. The first kappa shape index (κ1) is 20.1. The lowest BCUT2D eigenvalue weighted by atomic mass is 10.1. The summed E-state index contributed by atoms with van der Waals surface area (Å²) in [6.45, 7) is 0.682. The lowest BCUT2D eigenvalue weighted by molar-refractivity contribution is -0.873. The van der Waals surface area contributed by atoms with Gasteiger partial charge in [-0.05, 0) is 12.8 Å². The summed E-state index contributed by atoms with van der Waals surface area (Å²) in [5.41, 5.74) is 10.6. The number of nitrogens with two attached hydrogens (primary N) is 2. The fourth-order valence-electron chi connectivity index (χ4n) is 1.85. The average molecular weight is 319 g/mol. The van der Waals surface area contributed by atoms with Gasteiger partial charge < -0.3 is 31.1 Å². The number of carbonyl (C=O) groups excluding carboxylic acids is 2. The van der Waals surface area contributed by atoms with Gasteiger partial charge in [0.1, 0.15) is 12.6 Å². The van der Waals surface area contributed by atoms with Crippen LogP contribution in [0.3, 0.4) is 0 Å². The van der Waals surface area contributed by atoms with E-state index >= 15 is 0 Å². The van der Waals surface area contributed by atoms with Gasteiger partial charge in [-0.2, -0.15) is 0 Å². The lowest BCUT2D eigenvalue weighted by Gasteiger charge is -2.28. The summed E-state index contributed by atoms with van der Waals surface area (Å²) in [7, 11) is 5.62. The fraction of sp³-hybridized carbons (Fsp3) is 0.769. The highest BCUT2D eigenvalue weighted by Gasteiger charge is 2.27. The predicted molar refractivity (Wildman–Crippen MR) is 79.8 cm³/mol. The molecule has 0 saturated heterocycles. The smallest absolute Gasteiger partial charge is 0.323 e. The molecule has 0 fully saturated rings. The van der Waals surface area contributed by atoms with Crippen LogP contribution in [0.2, 0.25) is 0 Å². The van der Waals surface area contributed by atoms with Crippen LogP contribution in [-0.2, 0) is 14.3 Å². The molecule has 9 nitrogen and oxygen atoms in total. The van der Waals surface area contributed by atoms with E-state index in [9.17, 15) is 14.4 Å². The maximum Gasteiger partial charge on any atom is 0.323 e. The summed E-state index contributed by atoms with van der Waals surface area (Å²) in [6.07, 6.45) is -0.224. The molecule has 0 saturated carbocycles. The Morgan fingerprint density at radius 2 is 1.86 bits per heavy atom. The van der Waals surface area contributed by atoms with Gasteiger partial charge in [0.25, 0.3) is 0 Å². The Balaban J connectivity index is 4.35. The summed E-state index contributed by atoms with van der Waals surface area (Å²) < 4.78 is 5.67. The Morgan fingerprint density at radius 1 is 1.27 bits per heavy atom. The highest BCUT2D eigenvalue weighted by atomic mass is 16.5. The first-order valence-corrected chi connectivity index (χ1v) is 7.03. The number of carboxylic acids is 1. The number of carbonyl (C=O) groups is 3. The SMILES string of the molecule is C[N+](C)(C)C[C@@H](CC(=O)O)OC(=O)[C@@H](N)CCCNC(N)=O. The van der Waals surface area contributed by atoms with Gasteiger partial charge in [-0.15, -0.1) is 0 Å². The average Bonchev–Trinajstić information content (AvgIpc) is 2.30. The number of urea groups is 1. The molecule has 0 unspecified atom stereocenters. The number of quaternary nitrogens is 1. The zero-order chi connectivity index (χ0) is 17.3. The number of hydrogen-bond donors (Lipinski definition) is 4. The molecule has 0 spiro atoms. The van der Waals surface area contributed by atoms with Crippen molar-refractivity contribution in [2.45, 2.75) is 31.4 Å². The number of primary amides is 1. The van der Waals surface area contributed by atoms with Crippen molar-refractivity contribution in [1.29, 1.82) is 0 Å². The molecule has 0 aliphatic carbocycles. The van der Waals surface area contributed by atoms with Crippen molar-refractivity contribution in [2.75, 3.05) is 34.2 Å². The van der Waals surface area contributed by atoms with Crippen LogP contribution >= 0.6 is 0 Å². The lowest BCUT2D eigenvalue weighted by Crippen LogP contribution is -2.45. The van der Waals surface area contributed by atoms with Crippen molar-refractivity contribution in [3.8, 4) is 0 Å². The maximum absolute atomic E-state index is 11.9. The second kappa shape index (κ2) is 9.21. The molecular weight excluding hydrogens is 292 g/mol. The summed E-state index contributed by atoms with van der Waals surface area (Å²) in [5.74, 6) is -1.68. The normalized spacial score (nSPS) is 14.0. The molecule has 0 aliphatic heterocycles. The molecule has 0 aliphatic rings. The first-order valence-electron chi connectivity index (χ1n) is 7.03. The minimum Gasteiger partial charge on any atom is -0.481 e. The number of likely N-dealkylation sites (N-methyl/N-ethyl adjacent to an activating group) is 1. The second-order valence-electron chi connectivity index (χ2n) is 6.17. The van der Waals surface area contributed by atoms with Crippen LogP contribution in [0.4, 0.5) is 4.79 Å². The van der Waals surface area contributed by atoms with Crippen LogP contribution in [0.1, 0.15) is 19.3 Å². The van der Waals surface area contributed by atoms with Gasteiger partial charge in [-0.1, -0.05) is 0 Å². The van der Waals surface area contributed by atoms with E-state index < -0.39 is 30.1 Å². The number of ether oxygens (including phenoxy) is 1. The molecule has 128 valence electrons. The highest BCUT2D eigenvalue weighted by Crippen LogP contribution is 2.07. The van der Waals surface area contributed by atoms with Crippen molar-refractivity contribution < 1.29 is 28.7 Å². The van der Waals surface area contributed by atoms with E-state index in [4.69, 9.17) is 21.3 Å². The monoisotopic (exact) mass is 319 g/mol. The molecule has 9 heteroatoms. The van der Waals surface area contributed by atoms with Gasteiger partial charge in [0.05, 0.1) is 27.6 Å². The van der Waals surface area contributed by atoms with Crippen molar-refractivity contribution in [3.05, 3.63) is 0 Å². The van der Waals surface area contributed by atoms with Crippen LogP contribution in [0.15, 0.2) is 0 Å². The number of hydrogen-bond acceptors (Lipinski definition) is 5. The minimum absolute atomic E-state index is 0.267. The second-order valence-corrected chi connectivity index (χ2v) is 6.17. The molecule has 22 heavy (non-hydrogen) atoms. The van der Waals surface area contributed by atoms with E-state index in [0.717, 1.165) is 0 Å². The molecule has 2 atom stereocenters. The third-order valence-electron chi connectivity index (χ3n) is 2.73. The first-order chi connectivity index (χ1) is 10.0. The third kappa shape index (κ3) is 10.9. The van der Waals surface area contributed by atoms with Gasteiger partial charge in [0.2, 0.25) is 0 Å². The predicted octanol–water partition coefficient (Wildman–Crippen LogP) is -1.15. The van der Waals surface area contributed by atoms with Gasteiger partial charge in [-0.3, -0.25) is 9.59 Å². The van der Waals surface area contributed by atoms with Crippen LogP contribution in [0.25, 0.3) is 0 Å². The van der Waals surface area contributed by atoms with E-state index in [1.807, 2.05) is 21.1 Å². The van der Waals surface area contributed by atoms with Gasteiger partial charge in [0, 0.05) is 6.54 Å². The molecule has 0 radical (unpaired) electrons. The van der Waals surface area contributed by atoms with E-state index in [1.54, 1.807) is 0 Å². The van der Waals surface area contributed by atoms with Crippen LogP contribution in [-0.4, -0.2) is 73.9 Å². The number of nitrogens with one attached hydrogen (secondary N) is 1.